The van der Waals surface area contributed by atoms with Gasteiger partial charge < -0.3 is 5.32 Å². The molecule has 20 heavy (non-hydrogen) atoms. The lowest BCUT2D eigenvalue weighted by Gasteiger charge is -2.07. The second-order valence-corrected chi connectivity index (χ2v) is 6.01. The van der Waals surface area contributed by atoms with Crippen molar-refractivity contribution in [1.82, 2.24) is 10.2 Å². The molecule has 2 N–H and O–H groups in total. The molecule has 0 saturated heterocycles. The Morgan fingerprint density at radius 1 is 1.20 bits per heavy atom. The zero-order valence-electron chi connectivity index (χ0n) is 11.2. The Balaban J connectivity index is 2.08. The van der Waals surface area contributed by atoms with Crippen LogP contribution in [0.2, 0.25) is 0 Å². The van der Waals surface area contributed by atoms with Crippen LogP contribution in [0.3, 0.4) is 0 Å². The summed E-state index contributed by atoms with van der Waals surface area (Å²) in [6.07, 6.45) is 0. The smallest absolute Gasteiger partial charge is 0.283 e. The zero-order chi connectivity index (χ0) is 14.5. The van der Waals surface area contributed by atoms with Gasteiger partial charge in [0.1, 0.15) is 0 Å². The number of nitrogens with zero attached hydrogens (tertiary/aromatic N) is 1. The number of hydrogen-bond acceptors (Lipinski definition) is 4. The minimum Gasteiger partial charge on any atom is -0.317 e. The standard InChI is InChI=1S/C14H15N3O2S/c1-9(2)20-14(19)15-11-5-3-10(4-6-11)12-7-8-13(18)17-16-12/h3-9H,1-2H3,(H,15,19)(H,17,18). The summed E-state index contributed by atoms with van der Waals surface area (Å²) in [5.41, 5.74) is 2.05. The molecule has 0 radical (unpaired) electrons. The number of aromatic amines is 1. The van der Waals surface area contributed by atoms with Crippen molar-refractivity contribution < 1.29 is 4.79 Å². The maximum atomic E-state index is 11.6. The molecule has 0 saturated carbocycles. The summed E-state index contributed by atoms with van der Waals surface area (Å²) in [5, 5.41) is 9.32. The third-order valence-electron chi connectivity index (χ3n) is 2.45. The van der Waals surface area contributed by atoms with Crippen LogP contribution in [0.15, 0.2) is 41.2 Å². The molecule has 1 aromatic carbocycles. The van der Waals surface area contributed by atoms with Gasteiger partial charge in [-0.05, 0) is 18.2 Å². The van der Waals surface area contributed by atoms with Gasteiger partial charge in [-0.2, -0.15) is 5.10 Å². The molecule has 1 heterocycles. The summed E-state index contributed by atoms with van der Waals surface area (Å²) in [7, 11) is 0. The van der Waals surface area contributed by atoms with E-state index in [1.807, 2.05) is 26.0 Å². The topological polar surface area (TPSA) is 74.8 Å². The first-order valence-electron chi connectivity index (χ1n) is 6.18. The van der Waals surface area contributed by atoms with Crippen molar-refractivity contribution in [2.24, 2.45) is 0 Å². The molecule has 0 aliphatic carbocycles. The first kappa shape index (κ1) is 14.3. The Morgan fingerprint density at radius 2 is 1.90 bits per heavy atom. The molecule has 104 valence electrons. The van der Waals surface area contributed by atoms with Gasteiger partial charge in [0.25, 0.3) is 10.8 Å². The van der Waals surface area contributed by atoms with Gasteiger partial charge in [-0.1, -0.05) is 37.7 Å². The number of thioether (sulfide) groups is 1. The van der Waals surface area contributed by atoms with E-state index in [2.05, 4.69) is 15.5 Å². The van der Waals surface area contributed by atoms with Crippen LogP contribution in [0.1, 0.15) is 13.8 Å². The van der Waals surface area contributed by atoms with Crippen molar-refractivity contribution >= 4 is 22.7 Å². The van der Waals surface area contributed by atoms with E-state index in [1.165, 1.54) is 17.8 Å². The van der Waals surface area contributed by atoms with Crippen molar-refractivity contribution in [3.05, 3.63) is 46.8 Å². The van der Waals surface area contributed by atoms with Crippen LogP contribution in [0.4, 0.5) is 10.5 Å². The van der Waals surface area contributed by atoms with Crippen LogP contribution >= 0.6 is 11.8 Å². The number of rotatable bonds is 3. The summed E-state index contributed by atoms with van der Waals surface area (Å²) in [6.45, 7) is 3.93. The number of carbonyl (C=O) groups is 1. The van der Waals surface area contributed by atoms with Crippen LogP contribution in [0, 0.1) is 0 Å². The van der Waals surface area contributed by atoms with Gasteiger partial charge in [-0.15, -0.1) is 0 Å². The van der Waals surface area contributed by atoms with E-state index in [-0.39, 0.29) is 16.0 Å². The fraction of sp³-hybridized carbons (Fsp3) is 0.214. The van der Waals surface area contributed by atoms with Crippen molar-refractivity contribution in [2.75, 3.05) is 5.32 Å². The SMILES string of the molecule is CC(C)SC(=O)Nc1ccc(-c2ccc(=O)[nH]n2)cc1. The highest BCUT2D eigenvalue weighted by Crippen LogP contribution is 2.20. The molecule has 6 heteroatoms. The van der Waals surface area contributed by atoms with E-state index in [1.54, 1.807) is 18.2 Å². The Hall–Kier alpha value is -2.08. The van der Waals surface area contributed by atoms with E-state index < -0.39 is 0 Å². The largest absolute Gasteiger partial charge is 0.317 e. The lowest BCUT2D eigenvalue weighted by Crippen LogP contribution is -2.08. The Morgan fingerprint density at radius 3 is 2.45 bits per heavy atom. The zero-order valence-corrected chi connectivity index (χ0v) is 12.0. The maximum absolute atomic E-state index is 11.6. The van der Waals surface area contributed by atoms with Gasteiger partial charge in [-0.25, -0.2) is 5.10 Å². The quantitative estimate of drug-likeness (QED) is 0.910. The highest BCUT2D eigenvalue weighted by molar-refractivity contribution is 8.14. The lowest BCUT2D eigenvalue weighted by atomic mass is 10.1. The van der Waals surface area contributed by atoms with E-state index in [4.69, 9.17) is 0 Å². The van der Waals surface area contributed by atoms with Crippen LogP contribution in [-0.4, -0.2) is 20.7 Å². The number of anilines is 1. The molecule has 0 bridgehead atoms. The second kappa shape index (κ2) is 6.38. The minimum absolute atomic E-state index is 0.0742. The highest BCUT2D eigenvalue weighted by atomic mass is 32.2. The van der Waals surface area contributed by atoms with Crippen molar-refractivity contribution in [2.45, 2.75) is 19.1 Å². The maximum Gasteiger partial charge on any atom is 0.283 e. The molecule has 0 aliphatic rings. The molecule has 1 aromatic heterocycles. The van der Waals surface area contributed by atoms with E-state index in [9.17, 15) is 9.59 Å². The number of nitrogens with one attached hydrogen (secondary N) is 2. The van der Waals surface area contributed by atoms with Gasteiger partial charge in [0.15, 0.2) is 0 Å². The van der Waals surface area contributed by atoms with Gasteiger partial charge in [0.2, 0.25) is 0 Å². The average Bonchev–Trinajstić information content (AvgIpc) is 2.39. The molecular formula is C14H15N3O2S. The third kappa shape index (κ3) is 3.96. The minimum atomic E-state index is -0.233. The molecule has 0 fully saturated rings. The second-order valence-electron chi connectivity index (χ2n) is 4.46. The molecule has 1 amide bonds. The highest BCUT2D eigenvalue weighted by Gasteiger charge is 2.06. The molecule has 0 atom stereocenters. The first-order valence-corrected chi connectivity index (χ1v) is 7.06. The predicted molar refractivity (Wildman–Crippen MR) is 82.0 cm³/mol. The van der Waals surface area contributed by atoms with Crippen molar-refractivity contribution in [3.8, 4) is 11.3 Å². The van der Waals surface area contributed by atoms with Crippen molar-refractivity contribution in [1.29, 1.82) is 0 Å². The van der Waals surface area contributed by atoms with Gasteiger partial charge >= 0.3 is 0 Å². The molecule has 0 spiro atoms. The monoisotopic (exact) mass is 289 g/mol. The number of benzene rings is 1. The normalized spacial score (nSPS) is 10.6. The predicted octanol–water partition coefficient (Wildman–Crippen LogP) is 3.11. The summed E-state index contributed by atoms with van der Waals surface area (Å²) >= 11 is 1.25. The van der Waals surface area contributed by atoms with Crippen molar-refractivity contribution in [3.63, 3.8) is 0 Å². The molecule has 2 aromatic rings. The van der Waals surface area contributed by atoms with Gasteiger partial charge in [0.05, 0.1) is 5.69 Å². The third-order valence-corrected chi connectivity index (χ3v) is 3.24. The number of hydrogen-bond donors (Lipinski definition) is 2. The number of carbonyl (C=O) groups excluding carboxylic acids is 1. The summed E-state index contributed by atoms with van der Waals surface area (Å²) in [4.78, 5) is 22.6. The van der Waals surface area contributed by atoms with E-state index in [0.717, 1.165) is 11.3 Å². The van der Waals surface area contributed by atoms with Crippen LogP contribution < -0.4 is 10.9 Å². The molecule has 2 rings (SSSR count). The molecule has 0 aliphatic heterocycles. The summed E-state index contributed by atoms with van der Waals surface area (Å²) in [6, 6.07) is 10.4. The fourth-order valence-electron chi connectivity index (χ4n) is 1.59. The first-order chi connectivity index (χ1) is 9.54. The van der Waals surface area contributed by atoms with Gasteiger partial charge in [0, 0.05) is 22.6 Å². The molecular weight excluding hydrogens is 274 g/mol. The summed E-state index contributed by atoms with van der Waals surface area (Å²) in [5.74, 6) is 0. The molecule has 5 nitrogen and oxygen atoms in total. The lowest BCUT2D eigenvalue weighted by molar-refractivity contribution is 0.269. The van der Waals surface area contributed by atoms with E-state index >= 15 is 0 Å². The van der Waals surface area contributed by atoms with E-state index in [0.29, 0.717) is 5.69 Å². The Kier molecular flexibility index (Phi) is 4.57. The van der Waals surface area contributed by atoms with Crippen LogP contribution in [-0.2, 0) is 0 Å². The number of aromatic nitrogens is 2. The molecule has 0 unspecified atom stereocenters. The Bertz CT molecular complexity index is 630. The number of H-pyrrole nitrogens is 1. The fourth-order valence-corrected chi connectivity index (χ4v) is 2.20. The van der Waals surface area contributed by atoms with Gasteiger partial charge in [-0.3, -0.25) is 9.59 Å². The van der Waals surface area contributed by atoms with Crippen LogP contribution in [0.5, 0.6) is 0 Å². The number of amides is 1. The Labute approximate surface area is 120 Å². The average molecular weight is 289 g/mol. The summed E-state index contributed by atoms with van der Waals surface area (Å²) < 4.78 is 0. The van der Waals surface area contributed by atoms with Crippen LogP contribution in [0.25, 0.3) is 11.3 Å².